The summed E-state index contributed by atoms with van der Waals surface area (Å²) in [6.07, 6.45) is 3.81. The van der Waals surface area contributed by atoms with E-state index >= 15 is 0 Å². The third-order valence-electron chi connectivity index (χ3n) is 2.91. The molecule has 2 aromatic rings. The SMILES string of the molecule is COc1c(CO)cccc1-c1cnn(C(C)C)c1. The van der Waals surface area contributed by atoms with E-state index in [0.29, 0.717) is 11.8 Å². The normalized spacial score (nSPS) is 10.9. The number of methoxy groups -OCH3 is 1. The molecular formula is C14H18N2O2. The Labute approximate surface area is 107 Å². The van der Waals surface area contributed by atoms with Crippen molar-refractivity contribution in [1.29, 1.82) is 0 Å². The molecule has 0 saturated heterocycles. The molecule has 0 atom stereocenters. The number of aliphatic hydroxyl groups is 1. The van der Waals surface area contributed by atoms with Crippen LogP contribution in [0.15, 0.2) is 30.6 Å². The lowest BCUT2D eigenvalue weighted by Gasteiger charge is -2.11. The van der Waals surface area contributed by atoms with Crippen LogP contribution < -0.4 is 4.74 Å². The van der Waals surface area contributed by atoms with Crippen molar-refractivity contribution in [2.45, 2.75) is 26.5 Å². The monoisotopic (exact) mass is 246 g/mol. The van der Waals surface area contributed by atoms with Crippen LogP contribution in [0, 0.1) is 0 Å². The number of aromatic nitrogens is 2. The number of ether oxygens (including phenoxy) is 1. The minimum absolute atomic E-state index is 0.0324. The standard InChI is InChI=1S/C14H18N2O2/c1-10(2)16-8-12(7-15-16)13-6-4-5-11(9-17)14(13)18-3/h4-8,10,17H,9H2,1-3H3. The Hall–Kier alpha value is -1.81. The van der Waals surface area contributed by atoms with Crippen molar-refractivity contribution in [2.75, 3.05) is 7.11 Å². The van der Waals surface area contributed by atoms with E-state index in [2.05, 4.69) is 18.9 Å². The summed E-state index contributed by atoms with van der Waals surface area (Å²) >= 11 is 0. The van der Waals surface area contributed by atoms with Crippen LogP contribution in [-0.2, 0) is 6.61 Å². The highest BCUT2D eigenvalue weighted by molar-refractivity contribution is 5.71. The molecule has 0 amide bonds. The zero-order chi connectivity index (χ0) is 13.1. The summed E-state index contributed by atoms with van der Waals surface area (Å²) in [5.74, 6) is 0.711. The molecule has 2 rings (SSSR count). The fourth-order valence-electron chi connectivity index (χ4n) is 1.94. The van der Waals surface area contributed by atoms with Gasteiger partial charge in [-0.15, -0.1) is 0 Å². The molecule has 0 saturated carbocycles. The van der Waals surface area contributed by atoms with E-state index in [-0.39, 0.29) is 6.61 Å². The Kier molecular flexibility index (Phi) is 3.67. The summed E-state index contributed by atoms with van der Waals surface area (Å²) in [6.45, 7) is 4.13. The largest absolute Gasteiger partial charge is 0.496 e. The predicted octanol–water partition coefficient (Wildman–Crippen LogP) is 2.63. The summed E-state index contributed by atoms with van der Waals surface area (Å²) in [5, 5.41) is 13.6. The maximum absolute atomic E-state index is 9.31. The van der Waals surface area contributed by atoms with Gasteiger partial charge in [0.1, 0.15) is 5.75 Å². The van der Waals surface area contributed by atoms with Gasteiger partial charge in [0.2, 0.25) is 0 Å². The van der Waals surface area contributed by atoms with Crippen molar-refractivity contribution in [2.24, 2.45) is 0 Å². The van der Waals surface area contributed by atoms with Gasteiger partial charge in [-0.1, -0.05) is 18.2 Å². The fraction of sp³-hybridized carbons (Fsp3) is 0.357. The maximum atomic E-state index is 9.31. The first-order valence-electron chi connectivity index (χ1n) is 5.98. The number of aliphatic hydroxyl groups excluding tert-OH is 1. The highest BCUT2D eigenvalue weighted by Gasteiger charge is 2.12. The quantitative estimate of drug-likeness (QED) is 0.902. The van der Waals surface area contributed by atoms with Crippen LogP contribution in [-0.4, -0.2) is 22.0 Å². The van der Waals surface area contributed by atoms with E-state index in [0.717, 1.165) is 16.7 Å². The van der Waals surface area contributed by atoms with Crippen LogP contribution in [0.1, 0.15) is 25.5 Å². The first-order chi connectivity index (χ1) is 8.67. The lowest BCUT2D eigenvalue weighted by Crippen LogP contribution is -1.99. The topological polar surface area (TPSA) is 47.3 Å². The van der Waals surface area contributed by atoms with Gasteiger partial charge in [0.15, 0.2) is 0 Å². The summed E-state index contributed by atoms with van der Waals surface area (Å²) in [6, 6.07) is 6.07. The van der Waals surface area contributed by atoms with Crippen molar-refractivity contribution in [3.05, 3.63) is 36.2 Å². The smallest absolute Gasteiger partial charge is 0.132 e. The molecule has 0 unspecified atom stereocenters. The summed E-state index contributed by atoms with van der Waals surface area (Å²) in [5.41, 5.74) is 2.74. The van der Waals surface area contributed by atoms with Crippen molar-refractivity contribution in [3.63, 3.8) is 0 Å². The number of hydrogen-bond acceptors (Lipinski definition) is 3. The van der Waals surface area contributed by atoms with E-state index in [4.69, 9.17) is 4.74 Å². The van der Waals surface area contributed by atoms with E-state index in [1.54, 1.807) is 7.11 Å². The zero-order valence-corrected chi connectivity index (χ0v) is 10.9. The van der Waals surface area contributed by atoms with E-state index in [9.17, 15) is 5.11 Å². The Morgan fingerprint density at radius 1 is 1.39 bits per heavy atom. The van der Waals surface area contributed by atoms with Gasteiger partial charge in [-0.2, -0.15) is 5.10 Å². The van der Waals surface area contributed by atoms with Crippen molar-refractivity contribution >= 4 is 0 Å². The molecule has 1 N–H and O–H groups in total. The molecule has 0 radical (unpaired) electrons. The van der Waals surface area contributed by atoms with E-state index < -0.39 is 0 Å². The molecule has 1 heterocycles. The third-order valence-corrected chi connectivity index (χ3v) is 2.91. The fourth-order valence-corrected chi connectivity index (χ4v) is 1.94. The first-order valence-corrected chi connectivity index (χ1v) is 5.98. The summed E-state index contributed by atoms with van der Waals surface area (Å²) in [7, 11) is 1.62. The van der Waals surface area contributed by atoms with Gasteiger partial charge in [0.25, 0.3) is 0 Å². The van der Waals surface area contributed by atoms with Crippen LogP contribution >= 0.6 is 0 Å². The predicted molar refractivity (Wildman–Crippen MR) is 70.5 cm³/mol. The van der Waals surface area contributed by atoms with Gasteiger partial charge in [-0.3, -0.25) is 4.68 Å². The number of nitrogens with zero attached hydrogens (tertiary/aromatic N) is 2. The Balaban J connectivity index is 2.49. The molecule has 0 aliphatic rings. The molecule has 1 aromatic carbocycles. The molecule has 0 fully saturated rings. The second kappa shape index (κ2) is 5.23. The second-order valence-electron chi connectivity index (χ2n) is 4.46. The Bertz CT molecular complexity index is 532. The lowest BCUT2D eigenvalue weighted by atomic mass is 10.0. The van der Waals surface area contributed by atoms with Gasteiger partial charge < -0.3 is 9.84 Å². The van der Waals surface area contributed by atoms with Crippen LogP contribution in [0.2, 0.25) is 0 Å². The summed E-state index contributed by atoms with van der Waals surface area (Å²) in [4.78, 5) is 0. The molecular weight excluding hydrogens is 228 g/mol. The van der Waals surface area contributed by atoms with Crippen molar-refractivity contribution in [1.82, 2.24) is 9.78 Å². The average Bonchev–Trinajstić information content (AvgIpc) is 2.87. The molecule has 0 aliphatic carbocycles. The molecule has 96 valence electrons. The number of benzene rings is 1. The molecule has 0 bridgehead atoms. The summed E-state index contributed by atoms with van der Waals surface area (Å²) < 4.78 is 7.30. The number of rotatable bonds is 4. The lowest BCUT2D eigenvalue weighted by molar-refractivity contribution is 0.274. The zero-order valence-electron chi connectivity index (χ0n) is 10.9. The van der Waals surface area contributed by atoms with Crippen molar-refractivity contribution in [3.8, 4) is 16.9 Å². The molecule has 18 heavy (non-hydrogen) atoms. The van der Waals surface area contributed by atoms with Gasteiger partial charge in [0, 0.05) is 28.9 Å². The number of para-hydroxylation sites is 1. The first kappa shape index (κ1) is 12.6. The van der Waals surface area contributed by atoms with Gasteiger partial charge in [0.05, 0.1) is 19.9 Å². The van der Waals surface area contributed by atoms with Gasteiger partial charge in [-0.05, 0) is 13.8 Å². The van der Waals surface area contributed by atoms with Gasteiger partial charge >= 0.3 is 0 Å². The maximum Gasteiger partial charge on any atom is 0.132 e. The van der Waals surface area contributed by atoms with Crippen molar-refractivity contribution < 1.29 is 9.84 Å². The van der Waals surface area contributed by atoms with Gasteiger partial charge in [-0.25, -0.2) is 0 Å². The van der Waals surface area contributed by atoms with Crippen LogP contribution in [0.25, 0.3) is 11.1 Å². The highest BCUT2D eigenvalue weighted by atomic mass is 16.5. The van der Waals surface area contributed by atoms with Crippen LogP contribution in [0.5, 0.6) is 5.75 Å². The molecule has 4 nitrogen and oxygen atoms in total. The van der Waals surface area contributed by atoms with E-state index in [1.807, 2.05) is 35.3 Å². The molecule has 0 aliphatic heterocycles. The third kappa shape index (κ3) is 2.24. The Morgan fingerprint density at radius 2 is 2.17 bits per heavy atom. The Morgan fingerprint density at radius 3 is 2.72 bits per heavy atom. The molecule has 0 spiro atoms. The minimum atomic E-state index is -0.0324. The average molecular weight is 246 g/mol. The second-order valence-corrected chi connectivity index (χ2v) is 4.46. The molecule has 1 aromatic heterocycles. The van der Waals surface area contributed by atoms with Crippen LogP contribution in [0.3, 0.4) is 0 Å². The minimum Gasteiger partial charge on any atom is -0.496 e. The number of hydrogen-bond donors (Lipinski definition) is 1. The molecule has 4 heteroatoms. The highest BCUT2D eigenvalue weighted by Crippen LogP contribution is 2.33. The van der Waals surface area contributed by atoms with E-state index in [1.165, 1.54) is 0 Å². The van der Waals surface area contributed by atoms with Crippen LogP contribution in [0.4, 0.5) is 0 Å².